The van der Waals surface area contributed by atoms with Crippen LogP contribution in [0.25, 0.3) is 0 Å². The van der Waals surface area contributed by atoms with E-state index in [0.717, 1.165) is 0 Å². The number of benzene rings is 1. The van der Waals surface area contributed by atoms with Crippen molar-refractivity contribution in [3.63, 3.8) is 0 Å². The van der Waals surface area contributed by atoms with Crippen LogP contribution in [0.3, 0.4) is 0 Å². The van der Waals surface area contributed by atoms with Gasteiger partial charge in [0.05, 0.1) is 5.69 Å². The van der Waals surface area contributed by atoms with Gasteiger partial charge in [-0.15, -0.1) is 0 Å². The Morgan fingerprint density at radius 1 is 1.25 bits per heavy atom. The summed E-state index contributed by atoms with van der Waals surface area (Å²) in [6, 6.07) is 9.17. The lowest BCUT2D eigenvalue weighted by atomic mass is 10.3. The van der Waals surface area contributed by atoms with Gasteiger partial charge in [-0.05, 0) is 12.1 Å². The van der Waals surface area contributed by atoms with Crippen molar-refractivity contribution in [2.75, 3.05) is 0 Å². The molecular weight excluding hydrogens is 197 g/mol. The molecule has 0 spiro atoms. The summed E-state index contributed by atoms with van der Waals surface area (Å²) in [6.45, 7) is 0. The van der Waals surface area contributed by atoms with Gasteiger partial charge < -0.3 is 5.73 Å². The number of guanidine groups is 1. The molecule has 1 aromatic rings. The highest BCUT2D eigenvalue weighted by atomic mass is 35.5. The van der Waals surface area contributed by atoms with E-state index >= 15 is 0 Å². The van der Waals surface area contributed by atoms with Crippen LogP contribution in [-0.2, 0) is 0 Å². The average Bonchev–Trinajstić information content (AvgIpc) is 2.06. The van der Waals surface area contributed by atoms with Crippen molar-refractivity contribution in [3.8, 4) is 0 Å². The molecule has 0 heterocycles. The summed E-state index contributed by atoms with van der Waals surface area (Å²) < 4.78 is 0.715. The largest absolute Gasteiger partial charge is 0.367 e. The van der Waals surface area contributed by atoms with Crippen LogP contribution >= 0.6 is 23.6 Å². The monoisotopic (exact) mass is 203 g/mol. The zero-order valence-electron chi connectivity index (χ0n) is 6.11. The summed E-state index contributed by atoms with van der Waals surface area (Å²) in [5.74, 6) is 0.0459. The number of hydrogen-bond donors (Lipinski definition) is 1. The van der Waals surface area contributed by atoms with Crippen molar-refractivity contribution in [1.82, 2.24) is 3.94 Å². The predicted octanol–water partition coefficient (Wildman–Crippen LogP) is 2.24. The van der Waals surface area contributed by atoms with Gasteiger partial charge in [0.25, 0.3) is 0 Å². The summed E-state index contributed by atoms with van der Waals surface area (Å²) in [5, 5.41) is 0. The molecule has 2 N–H and O–H groups in total. The average molecular weight is 204 g/mol. The first-order chi connectivity index (χ1) is 5.70. The predicted molar refractivity (Wildman–Crippen MR) is 51.3 cm³/mol. The summed E-state index contributed by atoms with van der Waals surface area (Å²) in [6.07, 6.45) is 0. The summed E-state index contributed by atoms with van der Waals surface area (Å²) in [4.78, 5) is 3.92. The first-order valence-electron chi connectivity index (χ1n) is 3.21. The Labute approximate surface area is 80.6 Å². The topological polar surface area (TPSA) is 41.6 Å². The molecule has 0 saturated heterocycles. The van der Waals surface area contributed by atoms with Crippen molar-refractivity contribution in [2.45, 2.75) is 0 Å². The van der Waals surface area contributed by atoms with Gasteiger partial charge in [-0.2, -0.15) is 3.94 Å². The second-order valence-corrected chi connectivity index (χ2v) is 2.89. The Hall–Kier alpha value is -0.930. The van der Waals surface area contributed by atoms with E-state index in [2.05, 4.69) is 4.99 Å². The standard InChI is InChI=1S/C7H7Cl2N3/c8-12(9)7(10)11-6-4-2-1-3-5-6/h1-5H,(H2,10,11). The van der Waals surface area contributed by atoms with Gasteiger partial charge >= 0.3 is 0 Å². The smallest absolute Gasteiger partial charge is 0.227 e. The molecule has 0 bridgehead atoms. The van der Waals surface area contributed by atoms with Crippen LogP contribution in [0.2, 0.25) is 0 Å². The van der Waals surface area contributed by atoms with Crippen molar-refractivity contribution in [1.29, 1.82) is 0 Å². The van der Waals surface area contributed by atoms with Gasteiger partial charge in [0.15, 0.2) is 0 Å². The van der Waals surface area contributed by atoms with E-state index in [1.807, 2.05) is 18.2 Å². The minimum absolute atomic E-state index is 0.0459. The zero-order valence-corrected chi connectivity index (χ0v) is 7.63. The van der Waals surface area contributed by atoms with E-state index in [4.69, 9.17) is 29.3 Å². The molecule has 0 aromatic heterocycles. The third-order valence-electron chi connectivity index (χ3n) is 1.17. The number of para-hydroxylation sites is 1. The third kappa shape index (κ3) is 2.60. The number of hydrogen-bond acceptors (Lipinski definition) is 1. The number of nitrogens with zero attached hydrogens (tertiary/aromatic N) is 2. The van der Waals surface area contributed by atoms with Crippen LogP contribution < -0.4 is 5.73 Å². The molecular formula is C7H7Cl2N3. The molecule has 5 heteroatoms. The quantitative estimate of drug-likeness (QED) is 0.433. The lowest BCUT2D eigenvalue weighted by Crippen LogP contribution is -2.21. The fourth-order valence-corrected chi connectivity index (χ4v) is 0.748. The second-order valence-electron chi connectivity index (χ2n) is 2.04. The maximum Gasteiger partial charge on any atom is 0.227 e. The molecule has 0 aliphatic rings. The molecule has 0 aliphatic heterocycles. The molecule has 64 valence electrons. The third-order valence-corrected chi connectivity index (χ3v) is 1.52. The zero-order chi connectivity index (χ0) is 8.97. The molecule has 0 aliphatic carbocycles. The Kier molecular flexibility index (Phi) is 3.19. The molecule has 0 unspecified atom stereocenters. The normalized spacial score (nSPS) is 11.3. The van der Waals surface area contributed by atoms with Crippen LogP contribution in [0.5, 0.6) is 0 Å². The fraction of sp³-hybridized carbons (Fsp3) is 0. The van der Waals surface area contributed by atoms with E-state index in [0.29, 0.717) is 9.63 Å². The Balaban J connectivity index is 2.81. The highest BCUT2D eigenvalue weighted by molar-refractivity contribution is 6.41. The first-order valence-corrected chi connectivity index (χ1v) is 3.88. The van der Waals surface area contributed by atoms with Gasteiger partial charge in [-0.3, -0.25) is 0 Å². The molecule has 0 atom stereocenters. The molecule has 3 nitrogen and oxygen atoms in total. The Bertz CT molecular complexity index is 271. The second kappa shape index (κ2) is 4.18. The minimum Gasteiger partial charge on any atom is -0.367 e. The highest BCUT2D eigenvalue weighted by Crippen LogP contribution is 2.11. The van der Waals surface area contributed by atoms with Crippen LogP contribution in [0.1, 0.15) is 0 Å². The van der Waals surface area contributed by atoms with Gasteiger partial charge in [0.2, 0.25) is 5.96 Å². The van der Waals surface area contributed by atoms with E-state index < -0.39 is 0 Å². The van der Waals surface area contributed by atoms with Crippen LogP contribution in [-0.4, -0.2) is 9.90 Å². The van der Waals surface area contributed by atoms with E-state index in [9.17, 15) is 0 Å². The highest BCUT2D eigenvalue weighted by Gasteiger charge is 1.98. The van der Waals surface area contributed by atoms with Gasteiger partial charge in [-0.1, -0.05) is 18.2 Å². The fourth-order valence-electron chi connectivity index (χ4n) is 0.673. The lowest BCUT2D eigenvalue weighted by Gasteiger charge is -2.02. The SMILES string of the molecule is NC(=Nc1ccccc1)N(Cl)Cl. The number of rotatable bonds is 1. The number of aliphatic imine (C=N–C) groups is 1. The molecule has 12 heavy (non-hydrogen) atoms. The molecule has 0 amide bonds. The van der Waals surface area contributed by atoms with E-state index in [1.54, 1.807) is 12.1 Å². The molecule has 0 saturated carbocycles. The van der Waals surface area contributed by atoms with Crippen LogP contribution in [0, 0.1) is 0 Å². The minimum atomic E-state index is 0.0459. The van der Waals surface area contributed by atoms with Crippen LogP contribution in [0.15, 0.2) is 35.3 Å². The Morgan fingerprint density at radius 3 is 2.33 bits per heavy atom. The Morgan fingerprint density at radius 2 is 1.83 bits per heavy atom. The number of nitrogens with two attached hydrogens (primary N) is 1. The van der Waals surface area contributed by atoms with E-state index in [-0.39, 0.29) is 5.96 Å². The van der Waals surface area contributed by atoms with Gasteiger partial charge in [0.1, 0.15) is 0 Å². The van der Waals surface area contributed by atoms with Crippen LogP contribution in [0.4, 0.5) is 5.69 Å². The summed E-state index contributed by atoms with van der Waals surface area (Å²) in [5.41, 5.74) is 6.07. The maximum absolute atomic E-state index is 5.36. The lowest BCUT2D eigenvalue weighted by molar-refractivity contribution is 1.04. The first kappa shape index (κ1) is 9.16. The van der Waals surface area contributed by atoms with Crippen molar-refractivity contribution in [2.24, 2.45) is 10.7 Å². The van der Waals surface area contributed by atoms with Gasteiger partial charge in [-0.25, -0.2) is 4.99 Å². The molecule has 1 aromatic carbocycles. The van der Waals surface area contributed by atoms with Crippen molar-refractivity contribution < 1.29 is 0 Å². The van der Waals surface area contributed by atoms with Crippen molar-refractivity contribution >= 4 is 35.2 Å². The molecule has 0 radical (unpaired) electrons. The molecule has 0 fully saturated rings. The summed E-state index contributed by atoms with van der Waals surface area (Å²) in [7, 11) is 0. The van der Waals surface area contributed by atoms with E-state index in [1.165, 1.54) is 0 Å². The van der Waals surface area contributed by atoms with Gasteiger partial charge in [0, 0.05) is 23.6 Å². The van der Waals surface area contributed by atoms with Crippen molar-refractivity contribution in [3.05, 3.63) is 30.3 Å². The molecule has 1 rings (SSSR count). The summed E-state index contributed by atoms with van der Waals surface area (Å²) >= 11 is 10.6. The maximum atomic E-state index is 5.36. The number of halogens is 2.